The van der Waals surface area contributed by atoms with Gasteiger partial charge in [-0.05, 0) is 42.5 Å². The Kier molecular flexibility index (Phi) is 4.55. The minimum absolute atomic E-state index is 0.0221. The first kappa shape index (κ1) is 18.4. The van der Waals surface area contributed by atoms with Crippen LogP contribution in [0.1, 0.15) is 0 Å². The molecular formula is C16H12ClNO6S2. The lowest BCUT2D eigenvalue weighted by molar-refractivity contribution is 0.560. The van der Waals surface area contributed by atoms with Crippen molar-refractivity contribution < 1.29 is 21.3 Å². The maximum absolute atomic E-state index is 12.6. The van der Waals surface area contributed by atoms with Crippen LogP contribution in [-0.4, -0.2) is 23.1 Å². The van der Waals surface area contributed by atoms with Gasteiger partial charge in [-0.3, -0.25) is 4.72 Å². The number of sulfone groups is 1. The van der Waals surface area contributed by atoms with Gasteiger partial charge in [-0.2, -0.15) is 0 Å². The minimum Gasteiger partial charge on any atom is -0.423 e. The SMILES string of the molecule is CS(=O)(=O)c1ccc(NS(=O)(=O)c2ccc3oc(=O)ccc3c2)c(Cl)c1. The van der Waals surface area contributed by atoms with Gasteiger partial charge in [-0.1, -0.05) is 11.6 Å². The van der Waals surface area contributed by atoms with Crippen molar-refractivity contribution in [3.05, 3.63) is 64.0 Å². The molecule has 0 spiro atoms. The molecule has 0 aliphatic carbocycles. The van der Waals surface area contributed by atoms with Gasteiger partial charge in [0, 0.05) is 17.7 Å². The first-order chi connectivity index (χ1) is 12.1. The smallest absolute Gasteiger partial charge is 0.336 e. The Labute approximate surface area is 154 Å². The van der Waals surface area contributed by atoms with Crippen molar-refractivity contribution in [2.24, 2.45) is 0 Å². The van der Waals surface area contributed by atoms with Crippen molar-refractivity contribution in [3.63, 3.8) is 0 Å². The quantitative estimate of drug-likeness (QED) is 0.658. The summed E-state index contributed by atoms with van der Waals surface area (Å²) >= 11 is 6.00. The average Bonchev–Trinajstić information content (AvgIpc) is 2.55. The molecular weight excluding hydrogens is 402 g/mol. The molecule has 0 bridgehead atoms. The van der Waals surface area contributed by atoms with Crippen LogP contribution in [0.3, 0.4) is 0 Å². The molecule has 0 saturated heterocycles. The van der Waals surface area contributed by atoms with Crippen LogP contribution in [0.25, 0.3) is 11.0 Å². The number of benzene rings is 2. The number of halogens is 1. The molecule has 0 fully saturated rings. The van der Waals surface area contributed by atoms with E-state index in [1.165, 1.54) is 48.5 Å². The van der Waals surface area contributed by atoms with E-state index in [9.17, 15) is 21.6 Å². The first-order valence-electron chi connectivity index (χ1n) is 7.13. The largest absolute Gasteiger partial charge is 0.423 e. The van der Waals surface area contributed by atoms with E-state index in [-0.39, 0.29) is 26.1 Å². The molecule has 0 amide bonds. The van der Waals surface area contributed by atoms with E-state index in [0.717, 1.165) is 6.26 Å². The molecule has 0 unspecified atom stereocenters. The highest BCUT2D eigenvalue weighted by Gasteiger charge is 2.18. The first-order valence-corrected chi connectivity index (χ1v) is 10.9. The normalized spacial score (nSPS) is 12.2. The Hall–Kier alpha value is -2.36. The lowest BCUT2D eigenvalue weighted by Crippen LogP contribution is -2.13. The summed E-state index contributed by atoms with van der Waals surface area (Å²) in [6, 6.07) is 10.3. The highest BCUT2D eigenvalue weighted by Crippen LogP contribution is 2.28. The molecule has 0 saturated carbocycles. The Morgan fingerprint density at radius 3 is 2.27 bits per heavy atom. The van der Waals surface area contributed by atoms with E-state index in [2.05, 4.69) is 4.72 Å². The van der Waals surface area contributed by atoms with E-state index >= 15 is 0 Å². The Morgan fingerprint density at radius 2 is 1.62 bits per heavy atom. The van der Waals surface area contributed by atoms with Gasteiger partial charge < -0.3 is 4.42 Å². The summed E-state index contributed by atoms with van der Waals surface area (Å²) in [5, 5.41) is 0.384. The van der Waals surface area contributed by atoms with Gasteiger partial charge in [-0.25, -0.2) is 21.6 Å². The highest BCUT2D eigenvalue weighted by atomic mass is 35.5. The molecule has 3 aromatic rings. The molecule has 10 heteroatoms. The molecule has 1 N–H and O–H groups in total. The fourth-order valence-corrected chi connectivity index (χ4v) is 4.34. The Balaban J connectivity index is 1.99. The van der Waals surface area contributed by atoms with Crippen molar-refractivity contribution >= 4 is 48.1 Å². The summed E-state index contributed by atoms with van der Waals surface area (Å²) in [5.74, 6) is 0. The predicted octanol–water partition coefficient (Wildman–Crippen LogP) is 2.65. The number of rotatable bonds is 4. The average molecular weight is 414 g/mol. The van der Waals surface area contributed by atoms with Gasteiger partial charge in [0.15, 0.2) is 9.84 Å². The third kappa shape index (κ3) is 3.74. The number of nitrogens with one attached hydrogen (secondary N) is 1. The van der Waals surface area contributed by atoms with Crippen molar-refractivity contribution in [1.29, 1.82) is 0 Å². The highest BCUT2D eigenvalue weighted by molar-refractivity contribution is 7.92. The number of fused-ring (bicyclic) bond motifs is 1. The summed E-state index contributed by atoms with van der Waals surface area (Å²) in [6.07, 6.45) is 1.02. The lowest BCUT2D eigenvalue weighted by Gasteiger charge is -2.11. The standard InChI is InChI=1S/C16H12ClNO6S2/c1-25(20,21)11-3-5-14(13(17)9-11)18-26(22,23)12-4-6-15-10(8-12)2-7-16(19)24-15/h2-9,18H,1H3. The number of anilines is 1. The van der Waals surface area contributed by atoms with Gasteiger partial charge in [-0.15, -0.1) is 0 Å². The molecule has 0 aliphatic heterocycles. The van der Waals surface area contributed by atoms with Gasteiger partial charge in [0.25, 0.3) is 10.0 Å². The third-order valence-corrected chi connectivity index (χ3v) is 6.30. The van der Waals surface area contributed by atoms with Gasteiger partial charge >= 0.3 is 5.63 Å². The summed E-state index contributed by atoms with van der Waals surface area (Å²) in [4.78, 5) is 11.1. The topological polar surface area (TPSA) is 111 Å². The number of hydrogen-bond donors (Lipinski definition) is 1. The van der Waals surface area contributed by atoms with Gasteiger partial charge in [0.05, 0.1) is 20.5 Å². The molecule has 1 heterocycles. The van der Waals surface area contributed by atoms with Gasteiger partial charge in [0.1, 0.15) is 5.58 Å². The summed E-state index contributed by atoms with van der Waals surface area (Å²) in [7, 11) is -7.45. The molecule has 2 aromatic carbocycles. The van der Waals surface area contributed by atoms with Crippen LogP contribution in [0.5, 0.6) is 0 Å². The molecule has 0 radical (unpaired) electrons. The zero-order valence-electron chi connectivity index (χ0n) is 13.3. The van der Waals surface area contributed by atoms with Crippen molar-refractivity contribution in [2.45, 2.75) is 9.79 Å². The second kappa shape index (κ2) is 6.42. The molecule has 0 atom stereocenters. The van der Waals surface area contributed by atoms with Crippen LogP contribution >= 0.6 is 11.6 Å². The van der Waals surface area contributed by atoms with E-state index in [4.69, 9.17) is 16.0 Å². The van der Waals surface area contributed by atoms with Crippen LogP contribution in [0, 0.1) is 0 Å². The lowest BCUT2D eigenvalue weighted by atomic mass is 10.2. The molecule has 26 heavy (non-hydrogen) atoms. The zero-order chi connectivity index (χ0) is 19.1. The molecule has 1 aromatic heterocycles. The Morgan fingerprint density at radius 1 is 0.923 bits per heavy atom. The maximum Gasteiger partial charge on any atom is 0.336 e. The molecule has 3 rings (SSSR count). The Bertz CT molecular complexity index is 1280. The number of sulfonamides is 1. The van der Waals surface area contributed by atoms with Crippen LogP contribution in [0.2, 0.25) is 5.02 Å². The maximum atomic E-state index is 12.6. The number of hydrogen-bond acceptors (Lipinski definition) is 6. The molecule has 7 nitrogen and oxygen atoms in total. The minimum atomic E-state index is -3.99. The molecule has 136 valence electrons. The fraction of sp³-hybridized carbons (Fsp3) is 0.0625. The third-order valence-electron chi connectivity index (χ3n) is 3.51. The van der Waals surface area contributed by atoms with Gasteiger partial charge in [0.2, 0.25) is 0 Å². The van der Waals surface area contributed by atoms with E-state index in [0.29, 0.717) is 5.39 Å². The van der Waals surface area contributed by atoms with Crippen LogP contribution in [0.15, 0.2) is 67.5 Å². The van der Waals surface area contributed by atoms with Crippen LogP contribution in [0.4, 0.5) is 5.69 Å². The molecule has 0 aliphatic rings. The zero-order valence-corrected chi connectivity index (χ0v) is 15.7. The fourth-order valence-electron chi connectivity index (χ4n) is 2.23. The predicted molar refractivity (Wildman–Crippen MR) is 97.9 cm³/mol. The van der Waals surface area contributed by atoms with Crippen molar-refractivity contribution in [1.82, 2.24) is 0 Å². The summed E-state index contributed by atoms with van der Waals surface area (Å²) < 4.78 is 55.5. The van der Waals surface area contributed by atoms with Crippen molar-refractivity contribution in [3.8, 4) is 0 Å². The van der Waals surface area contributed by atoms with E-state index < -0.39 is 25.5 Å². The summed E-state index contributed by atoms with van der Waals surface area (Å²) in [5.41, 5.74) is -0.241. The van der Waals surface area contributed by atoms with Crippen LogP contribution in [-0.2, 0) is 19.9 Å². The van der Waals surface area contributed by atoms with E-state index in [1.807, 2.05) is 0 Å². The summed E-state index contributed by atoms with van der Waals surface area (Å²) in [6.45, 7) is 0. The van der Waals surface area contributed by atoms with Crippen molar-refractivity contribution in [2.75, 3.05) is 11.0 Å². The monoisotopic (exact) mass is 413 g/mol. The van der Waals surface area contributed by atoms with E-state index in [1.54, 1.807) is 0 Å². The second-order valence-corrected chi connectivity index (χ2v) is 9.58. The second-order valence-electron chi connectivity index (χ2n) is 5.47. The van der Waals surface area contributed by atoms with Crippen LogP contribution < -0.4 is 10.3 Å².